The maximum Gasteiger partial charge on any atom is 0.418 e. The highest BCUT2D eigenvalue weighted by Crippen LogP contribution is 2.10. The zero-order chi connectivity index (χ0) is 17.5. The van der Waals surface area contributed by atoms with Crippen LogP contribution in [0, 0.1) is 6.92 Å². The molecule has 0 unspecified atom stereocenters. The number of benzene rings is 1. The van der Waals surface area contributed by atoms with Crippen LogP contribution in [0.2, 0.25) is 0 Å². The first-order chi connectivity index (χ1) is 10.7. The maximum atomic E-state index is 12.1. The largest absolute Gasteiger partial charge is 0.443 e. The molecule has 1 aromatic rings. The van der Waals surface area contributed by atoms with Gasteiger partial charge in [0.2, 0.25) is 0 Å². The zero-order valence-electron chi connectivity index (χ0n) is 14.1. The summed E-state index contributed by atoms with van der Waals surface area (Å²) < 4.78 is 5.20. The topological polar surface area (TPSA) is 84.7 Å². The molecule has 0 radical (unpaired) electrons. The van der Waals surface area contributed by atoms with E-state index in [1.165, 1.54) is 6.20 Å². The van der Waals surface area contributed by atoms with Crippen LogP contribution in [0.15, 0.2) is 30.5 Å². The van der Waals surface area contributed by atoms with Crippen molar-refractivity contribution in [2.24, 2.45) is 5.73 Å². The molecule has 23 heavy (non-hydrogen) atoms. The van der Waals surface area contributed by atoms with Gasteiger partial charge in [0.15, 0.2) is 0 Å². The van der Waals surface area contributed by atoms with Gasteiger partial charge >= 0.3 is 12.1 Å². The molecule has 0 spiro atoms. The number of amides is 3. The lowest BCUT2D eigenvalue weighted by Gasteiger charge is -2.25. The van der Waals surface area contributed by atoms with Crippen molar-refractivity contribution in [2.45, 2.75) is 33.3 Å². The first kappa shape index (κ1) is 18.7. The number of carbonyl (C=O) groups excluding carboxylic acids is 2. The molecule has 3 amide bonds. The van der Waals surface area contributed by atoms with Gasteiger partial charge in [-0.2, -0.15) is 0 Å². The molecule has 0 saturated heterocycles. The standard InChI is InChI=1S/C17H25N3O3/c1-13-5-7-14(8-6-13)9-11-19-15(21)20(12-10-18)16(22)23-17(2,3)4/h5-9,11H,10,12,18H2,1-4H3,(H,19,21)/b11-9+. The Morgan fingerprint density at radius 1 is 1.26 bits per heavy atom. The Bertz CT molecular complexity index is 559. The third kappa shape index (κ3) is 6.97. The third-order valence-corrected chi connectivity index (χ3v) is 2.77. The molecule has 0 heterocycles. The molecular weight excluding hydrogens is 294 g/mol. The van der Waals surface area contributed by atoms with Crippen LogP contribution in [-0.4, -0.2) is 35.7 Å². The molecule has 6 nitrogen and oxygen atoms in total. The Morgan fingerprint density at radius 2 is 1.87 bits per heavy atom. The van der Waals surface area contributed by atoms with E-state index in [0.29, 0.717) is 0 Å². The third-order valence-electron chi connectivity index (χ3n) is 2.77. The first-order valence-electron chi connectivity index (χ1n) is 7.47. The molecule has 0 fully saturated rings. The van der Waals surface area contributed by atoms with E-state index in [2.05, 4.69) is 5.32 Å². The van der Waals surface area contributed by atoms with E-state index in [1.54, 1.807) is 26.8 Å². The van der Waals surface area contributed by atoms with Crippen LogP contribution in [-0.2, 0) is 4.74 Å². The summed E-state index contributed by atoms with van der Waals surface area (Å²) in [6, 6.07) is 7.24. The van der Waals surface area contributed by atoms with E-state index in [-0.39, 0.29) is 13.1 Å². The lowest BCUT2D eigenvalue weighted by molar-refractivity contribution is 0.0328. The van der Waals surface area contributed by atoms with Gasteiger partial charge in [0.25, 0.3) is 0 Å². The molecule has 1 rings (SSSR count). The van der Waals surface area contributed by atoms with Gasteiger partial charge in [-0.1, -0.05) is 29.8 Å². The van der Waals surface area contributed by atoms with Crippen LogP contribution in [0.4, 0.5) is 9.59 Å². The predicted molar refractivity (Wildman–Crippen MR) is 90.7 cm³/mol. The fraction of sp³-hybridized carbons (Fsp3) is 0.412. The fourth-order valence-electron chi connectivity index (χ4n) is 1.69. The number of rotatable bonds is 4. The minimum atomic E-state index is -0.718. The van der Waals surface area contributed by atoms with Crippen molar-refractivity contribution >= 4 is 18.2 Å². The number of hydrogen-bond acceptors (Lipinski definition) is 4. The van der Waals surface area contributed by atoms with Gasteiger partial charge in [-0.05, 0) is 39.3 Å². The molecule has 0 aromatic heterocycles. The van der Waals surface area contributed by atoms with Crippen LogP contribution in [0.5, 0.6) is 0 Å². The van der Waals surface area contributed by atoms with Gasteiger partial charge in [0.1, 0.15) is 5.60 Å². The van der Waals surface area contributed by atoms with Crippen LogP contribution < -0.4 is 11.1 Å². The Balaban J connectivity index is 2.67. The first-order valence-corrected chi connectivity index (χ1v) is 7.47. The smallest absolute Gasteiger partial charge is 0.418 e. The minimum Gasteiger partial charge on any atom is -0.443 e. The molecule has 0 saturated carbocycles. The Hall–Kier alpha value is -2.34. The molecule has 6 heteroatoms. The number of hydrogen-bond donors (Lipinski definition) is 2. The minimum absolute atomic E-state index is 0.0825. The highest BCUT2D eigenvalue weighted by atomic mass is 16.6. The van der Waals surface area contributed by atoms with Crippen molar-refractivity contribution in [3.05, 3.63) is 41.6 Å². The Kier molecular flexibility index (Phi) is 6.78. The molecule has 0 aliphatic heterocycles. The molecule has 0 aliphatic rings. The molecule has 1 aromatic carbocycles. The molecular formula is C17H25N3O3. The Morgan fingerprint density at radius 3 is 2.39 bits per heavy atom. The van der Waals surface area contributed by atoms with Crippen molar-refractivity contribution in [1.29, 1.82) is 0 Å². The highest BCUT2D eigenvalue weighted by Gasteiger charge is 2.26. The number of nitrogens with two attached hydrogens (primary N) is 1. The van der Waals surface area contributed by atoms with Gasteiger partial charge in [-0.15, -0.1) is 0 Å². The monoisotopic (exact) mass is 319 g/mol. The van der Waals surface area contributed by atoms with Crippen LogP contribution in [0.25, 0.3) is 6.08 Å². The average Bonchev–Trinajstić information content (AvgIpc) is 2.44. The second kappa shape index (κ2) is 8.33. The number of nitrogens with one attached hydrogen (secondary N) is 1. The predicted octanol–water partition coefficient (Wildman–Crippen LogP) is 2.87. The fourth-order valence-corrected chi connectivity index (χ4v) is 1.69. The number of imide groups is 1. The molecule has 3 N–H and O–H groups in total. The number of ether oxygens (including phenoxy) is 1. The second-order valence-corrected chi connectivity index (χ2v) is 6.11. The van der Waals surface area contributed by atoms with E-state index in [4.69, 9.17) is 10.5 Å². The lowest BCUT2D eigenvalue weighted by Crippen LogP contribution is -2.46. The maximum absolute atomic E-state index is 12.1. The summed E-state index contributed by atoms with van der Waals surface area (Å²) in [6.45, 7) is 7.45. The summed E-state index contributed by atoms with van der Waals surface area (Å²) in [5, 5.41) is 2.55. The molecule has 126 valence electrons. The summed E-state index contributed by atoms with van der Waals surface area (Å²) in [5.41, 5.74) is 6.88. The molecule has 0 aliphatic carbocycles. The summed E-state index contributed by atoms with van der Waals surface area (Å²) >= 11 is 0. The Labute approximate surface area is 137 Å². The normalized spacial score (nSPS) is 11.3. The van der Waals surface area contributed by atoms with Gasteiger partial charge in [0, 0.05) is 19.3 Å². The summed E-state index contributed by atoms with van der Waals surface area (Å²) in [5.74, 6) is 0. The van der Waals surface area contributed by atoms with Crippen molar-refractivity contribution < 1.29 is 14.3 Å². The number of carbonyl (C=O) groups is 2. The molecule has 0 bridgehead atoms. The number of urea groups is 1. The van der Waals surface area contributed by atoms with Crippen molar-refractivity contribution in [3.8, 4) is 0 Å². The van der Waals surface area contributed by atoms with E-state index in [9.17, 15) is 9.59 Å². The number of nitrogens with zero attached hydrogens (tertiary/aromatic N) is 1. The lowest BCUT2D eigenvalue weighted by atomic mass is 10.1. The van der Waals surface area contributed by atoms with Gasteiger partial charge in [0.05, 0.1) is 0 Å². The van der Waals surface area contributed by atoms with E-state index < -0.39 is 17.7 Å². The van der Waals surface area contributed by atoms with Crippen molar-refractivity contribution in [3.63, 3.8) is 0 Å². The molecule has 0 atom stereocenters. The second-order valence-electron chi connectivity index (χ2n) is 6.11. The van der Waals surface area contributed by atoms with Gasteiger partial charge < -0.3 is 15.8 Å². The van der Waals surface area contributed by atoms with Crippen LogP contribution in [0.1, 0.15) is 31.9 Å². The van der Waals surface area contributed by atoms with Crippen molar-refractivity contribution in [1.82, 2.24) is 10.2 Å². The van der Waals surface area contributed by atoms with Crippen LogP contribution >= 0.6 is 0 Å². The van der Waals surface area contributed by atoms with Crippen molar-refractivity contribution in [2.75, 3.05) is 13.1 Å². The van der Waals surface area contributed by atoms with E-state index in [1.807, 2.05) is 31.2 Å². The number of aryl methyl sites for hydroxylation is 1. The van der Waals surface area contributed by atoms with Crippen LogP contribution in [0.3, 0.4) is 0 Å². The highest BCUT2D eigenvalue weighted by molar-refractivity contribution is 5.91. The van der Waals surface area contributed by atoms with E-state index >= 15 is 0 Å². The quantitative estimate of drug-likeness (QED) is 0.893. The zero-order valence-corrected chi connectivity index (χ0v) is 14.1. The van der Waals surface area contributed by atoms with E-state index in [0.717, 1.165) is 16.0 Å². The average molecular weight is 319 g/mol. The summed E-state index contributed by atoms with van der Waals surface area (Å²) in [7, 11) is 0. The SMILES string of the molecule is Cc1ccc(/C=C/NC(=O)N(CCN)C(=O)OC(C)(C)C)cc1. The van der Waals surface area contributed by atoms with Gasteiger partial charge in [-0.25, -0.2) is 14.5 Å². The van der Waals surface area contributed by atoms with Gasteiger partial charge in [-0.3, -0.25) is 0 Å². The summed E-state index contributed by atoms with van der Waals surface area (Å²) in [6.07, 6.45) is 2.51. The summed E-state index contributed by atoms with van der Waals surface area (Å²) in [4.78, 5) is 25.1.